The monoisotopic (exact) mass is 381 g/mol. The molecule has 8 heteroatoms. The van der Waals surface area contributed by atoms with Crippen molar-refractivity contribution in [2.75, 3.05) is 12.3 Å². The minimum atomic E-state index is -0.0910. The molecule has 2 heterocycles. The van der Waals surface area contributed by atoms with E-state index < -0.39 is 0 Å². The lowest BCUT2D eigenvalue weighted by molar-refractivity contribution is -0.117. The third kappa shape index (κ3) is 3.66. The lowest BCUT2D eigenvalue weighted by atomic mass is 9.93. The van der Waals surface area contributed by atoms with Gasteiger partial charge in [0.25, 0.3) is 5.91 Å². The lowest BCUT2D eigenvalue weighted by Crippen LogP contribution is -2.28. The molecule has 0 aliphatic heterocycles. The van der Waals surface area contributed by atoms with Crippen LogP contribution in [0.1, 0.15) is 31.9 Å². The molecule has 0 spiro atoms. The smallest absolute Gasteiger partial charge is 0.251 e. The number of rotatable bonds is 5. The number of nitrogen functional groups attached to an aromatic ring is 1. The number of hydrogen-bond donors (Lipinski definition) is 2. The fraction of sp³-hybridized carbons (Fsp3) is 0.316. The molecule has 1 amide bonds. The number of amides is 1. The van der Waals surface area contributed by atoms with Crippen molar-refractivity contribution in [3.8, 4) is 5.88 Å². The molecule has 7 nitrogen and oxygen atoms in total. The van der Waals surface area contributed by atoms with E-state index in [0.717, 1.165) is 23.3 Å². The van der Waals surface area contributed by atoms with E-state index in [0.29, 0.717) is 41.2 Å². The summed E-state index contributed by atoms with van der Waals surface area (Å²) in [4.78, 5) is 26.5. The predicted octanol–water partition coefficient (Wildman–Crippen LogP) is 2.37. The van der Waals surface area contributed by atoms with Crippen LogP contribution in [0.3, 0.4) is 0 Å². The van der Waals surface area contributed by atoms with E-state index in [1.54, 1.807) is 12.2 Å². The van der Waals surface area contributed by atoms with Crippen LogP contribution in [0.15, 0.2) is 29.9 Å². The summed E-state index contributed by atoms with van der Waals surface area (Å²) < 4.78 is 5.57. The molecule has 2 aromatic rings. The fourth-order valence-corrected chi connectivity index (χ4v) is 3.16. The first-order chi connectivity index (χ1) is 13.0. The Bertz CT molecular complexity index is 1010. The first-order valence-corrected chi connectivity index (χ1v) is 9.28. The highest BCUT2D eigenvalue weighted by Crippen LogP contribution is 2.30. The molecular formula is C19H19N5O2S. The number of anilines is 1. The Labute approximate surface area is 161 Å². The van der Waals surface area contributed by atoms with E-state index in [1.165, 1.54) is 0 Å². The van der Waals surface area contributed by atoms with Crippen LogP contribution in [0.4, 0.5) is 5.95 Å². The number of allylic oxidation sites excluding steroid dienone is 2. The molecule has 0 saturated heterocycles. The van der Waals surface area contributed by atoms with Crippen LogP contribution in [0.5, 0.6) is 5.88 Å². The van der Waals surface area contributed by atoms with Gasteiger partial charge in [-0.05, 0) is 49.6 Å². The van der Waals surface area contributed by atoms with Crippen molar-refractivity contribution in [1.29, 1.82) is 0 Å². The maximum absolute atomic E-state index is 12.7. The van der Waals surface area contributed by atoms with Crippen molar-refractivity contribution in [2.24, 2.45) is 0 Å². The second-order valence-electron chi connectivity index (χ2n) is 6.50. The van der Waals surface area contributed by atoms with Crippen molar-refractivity contribution in [3.63, 3.8) is 0 Å². The Balaban J connectivity index is 1.82. The Hall–Kier alpha value is -2.87. The molecule has 2 aliphatic carbocycles. The van der Waals surface area contributed by atoms with Gasteiger partial charge in [0.05, 0.1) is 17.8 Å². The molecule has 0 aromatic carbocycles. The van der Waals surface area contributed by atoms with Crippen LogP contribution in [-0.2, 0) is 4.79 Å². The normalized spacial score (nSPS) is 16.7. The van der Waals surface area contributed by atoms with Crippen LogP contribution < -0.4 is 15.8 Å². The van der Waals surface area contributed by atoms with Crippen LogP contribution in [-0.4, -0.2) is 38.4 Å². The van der Waals surface area contributed by atoms with Gasteiger partial charge in [0, 0.05) is 22.9 Å². The van der Waals surface area contributed by atoms with Crippen molar-refractivity contribution in [2.45, 2.75) is 32.2 Å². The van der Waals surface area contributed by atoms with Crippen molar-refractivity contribution in [3.05, 3.63) is 35.6 Å². The lowest BCUT2D eigenvalue weighted by Gasteiger charge is -2.17. The number of thiocarbonyl (C=S) groups is 1. The third-order valence-corrected chi connectivity index (χ3v) is 4.67. The number of nitrogens with two attached hydrogens (primary N) is 1. The summed E-state index contributed by atoms with van der Waals surface area (Å²) in [6.07, 6.45) is 6.12. The van der Waals surface area contributed by atoms with E-state index in [4.69, 9.17) is 22.7 Å². The molecule has 1 fully saturated rings. The highest BCUT2D eigenvalue weighted by molar-refractivity contribution is 7.80. The van der Waals surface area contributed by atoms with Gasteiger partial charge >= 0.3 is 0 Å². The number of pyridine rings is 1. The van der Waals surface area contributed by atoms with Crippen molar-refractivity contribution < 1.29 is 9.53 Å². The maximum Gasteiger partial charge on any atom is 0.251 e. The Morgan fingerprint density at radius 1 is 1.30 bits per heavy atom. The molecular weight excluding hydrogens is 362 g/mol. The maximum atomic E-state index is 12.7. The number of ether oxygens (including phenoxy) is 1. The zero-order valence-electron chi connectivity index (χ0n) is 14.9. The number of carbonyl (C=O) groups excluding carboxylic acids is 1. The molecule has 2 aliphatic rings. The van der Waals surface area contributed by atoms with Gasteiger partial charge in [0.2, 0.25) is 11.8 Å². The molecule has 4 rings (SSSR count). The second kappa shape index (κ2) is 7.03. The largest absolute Gasteiger partial charge is 0.476 e. The number of nitrogens with zero attached hydrogens (tertiary/aromatic N) is 3. The average Bonchev–Trinajstić information content (AvgIpc) is 3.45. The van der Waals surface area contributed by atoms with Crippen LogP contribution in [0, 0.1) is 0 Å². The highest BCUT2D eigenvalue weighted by atomic mass is 32.1. The molecule has 0 unspecified atom stereocenters. The predicted molar refractivity (Wildman–Crippen MR) is 107 cm³/mol. The van der Waals surface area contributed by atoms with Crippen LogP contribution in [0.2, 0.25) is 0 Å². The van der Waals surface area contributed by atoms with E-state index in [1.807, 2.05) is 19.1 Å². The Morgan fingerprint density at radius 2 is 2.11 bits per heavy atom. The van der Waals surface area contributed by atoms with E-state index in [-0.39, 0.29) is 17.9 Å². The molecule has 138 valence electrons. The molecule has 0 atom stereocenters. The number of fused-ring (bicyclic) bond motifs is 1. The summed E-state index contributed by atoms with van der Waals surface area (Å²) in [5.74, 6) is 0.373. The van der Waals surface area contributed by atoms with Crippen molar-refractivity contribution >= 4 is 45.5 Å². The number of nitrogens with one attached hydrogen (secondary N) is 1. The first-order valence-electron chi connectivity index (χ1n) is 8.87. The van der Waals surface area contributed by atoms with E-state index in [9.17, 15) is 4.79 Å². The van der Waals surface area contributed by atoms with E-state index in [2.05, 4.69) is 20.3 Å². The van der Waals surface area contributed by atoms with Gasteiger partial charge in [0.15, 0.2) is 5.52 Å². The first kappa shape index (κ1) is 17.5. The zero-order valence-corrected chi connectivity index (χ0v) is 15.7. The number of aromatic nitrogens is 3. The molecule has 2 aromatic heterocycles. The van der Waals surface area contributed by atoms with Gasteiger partial charge in [-0.1, -0.05) is 12.2 Å². The number of hydrogen-bond acceptors (Lipinski definition) is 7. The van der Waals surface area contributed by atoms with Gasteiger partial charge in [-0.2, -0.15) is 4.98 Å². The van der Waals surface area contributed by atoms with Gasteiger partial charge in [0.1, 0.15) is 0 Å². The molecule has 0 radical (unpaired) electrons. The minimum absolute atomic E-state index is 0.0910. The topological polar surface area (TPSA) is 103 Å². The summed E-state index contributed by atoms with van der Waals surface area (Å²) in [5, 5.41) is 3.03. The van der Waals surface area contributed by atoms with Crippen molar-refractivity contribution in [1.82, 2.24) is 20.3 Å². The summed E-state index contributed by atoms with van der Waals surface area (Å²) in [6, 6.07) is 3.91. The second-order valence-corrected chi connectivity index (χ2v) is 7.02. The van der Waals surface area contributed by atoms with Gasteiger partial charge < -0.3 is 15.8 Å². The van der Waals surface area contributed by atoms with E-state index >= 15 is 0 Å². The fourth-order valence-electron chi connectivity index (χ4n) is 2.95. The zero-order chi connectivity index (χ0) is 19.0. The molecule has 3 N–H and O–H groups in total. The van der Waals surface area contributed by atoms with Gasteiger partial charge in [-0.3, -0.25) is 4.79 Å². The minimum Gasteiger partial charge on any atom is -0.476 e. The quantitative estimate of drug-likeness (QED) is 0.766. The van der Waals surface area contributed by atoms with Gasteiger partial charge in [-0.15, -0.1) is 0 Å². The third-order valence-electron chi connectivity index (χ3n) is 4.39. The van der Waals surface area contributed by atoms with Crippen LogP contribution in [0.25, 0.3) is 16.6 Å². The summed E-state index contributed by atoms with van der Waals surface area (Å²) in [7, 11) is 0. The molecule has 1 saturated carbocycles. The number of carbonyl (C=O) groups is 1. The average molecular weight is 381 g/mol. The SMILES string of the molecule is CCOc1nc(N)nc2ccc(C3=C(C(=O)NC4CC4)C=CC(=S)C3)nc12. The Morgan fingerprint density at radius 3 is 2.85 bits per heavy atom. The Kier molecular flexibility index (Phi) is 4.57. The summed E-state index contributed by atoms with van der Waals surface area (Å²) in [5.41, 5.74) is 8.90. The molecule has 0 bridgehead atoms. The summed E-state index contributed by atoms with van der Waals surface area (Å²) >= 11 is 5.36. The molecule has 27 heavy (non-hydrogen) atoms. The summed E-state index contributed by atoms with van der Waals surface area (Å²) in [6.45, 7) is 2.29. The standard InChI is InChI=1S/C19H19N5O2S/c1-2-26-18-16-15(23-19(20)24-18)8-7-14(22-16)13-9-11(27)5-6-12(13)17(25)21-10-3-4-10/h5-8,10H,2-4,9H2,1H3,(H,21,25)(H2,20,23,24). The van der Waals surface area contributed by atoms with Crippen LogP contribution >= 0.6 is 12.2 Å². The van der Waals surface area contributed by atoms with Gasteiger partial charge in [-0.25, -0.2) is 9.97 Å². The highest BCUT2D eigenvalue weighted by Gasteiger charge is 2.27.